The van der Waals surface area contributed by atoms with Gasteiger partial charge in [0, 0.05) is 29.0 Å². The zero-order valence-electron chi connectivity index (χ0n) is 11.6. The predicted octanol–water partition coefficient (Wildman–Crippen LogP) is 4.28. The van der Waals surface area contributed by atoms with E-state index in [0.717, 1.165) is 26.3 Å². The summed E-state index contributed by atoms with van der Waals surface area (Å²) in [5.41, 5.74) is 2.63. The molecule has 1 fully saturated rings. The Balaban J connectivity index is 0.000000637. The average molecular weight is 275 g/mol. The number of nitrogens with zero attached hydrogens (tertiary/aromatic N) is 1. The number of thiophene rings is 1. The fourth-order valence-electron chi connectivity index (χ4n) is 2.07. The lowest BCUT2D eigenvalue weighted by Crippen LogP contribution is -2.35. The van der Waals surface area contributed by atoms with E-state index in [0.29, 0.717) is 0 Å². The number of rotatable bonds is 2. The van der Waals surface area contributed by atoms with E-state index in [1.165, 1.54) is 16.1 Å². The Morgan fingerprint density at radius 3 is 2.42 bits per heavy atom. The first-order valence-electron chi connectivity index (χ1n) is 6.90. The summed E-state index contributed by atoms with van der Waals surface area (Å²) in [5, 5.41) is 2.24. The molecular weight excluding hydrogens is 254 g/mol. The van der Waals surface area contributed by atoms with Crippen molar-refractivity contribution in [2.24, 2.45) is 0 Å². The quantitative estimate of drug-likeness (QED) is 0.811. The normalized spacial score (nSPS) is 14.7. The fourth-order valence-corrected chi connectivity index (χ4v) is 2.99. The number of hydrogen-bond acceptors (Lipinski definition) is 3. The fraction of sp³-hybridized carbons (Fsp3) is 0.375. The summed E-state index contributed by atoms with van der Waals surface area (Å²) >= 11 is 1.81. The van der Waals surface area contributed by atoms with Crippen LogP contribution in [0.4, 0.5) is 5.69 Å². The maximum atomic E-state index is 5.37. The monoisotopic (exact) mass is 275 g/mol. The second kappa shape index (κ2) is 7.31. The van der Waals surface area contributed by atoms with Crippen molar-refractivity contribution in [2.45, 2.75) is 13.8 Å². The average Bonchev–Trinajstić information content (AvgIpc) is 3.01. The molecule has 3 rings (SSSR count). The summed E-state index contributed by atoms with van der Waals surface area (Å²) in [5.74, 6) is 0. The molecule has 2 aromatic rings. The summed E-state index contributed by atoms with van der Waals surface area (Å²) in [6.45, 7) is 7.70. The van der Waals surface area contributed by atoms with Crippen LogP contribution in [0.2, 0.25) is 0 Å². The molecule has 0 radical (unpaired) electrons. The number of morpholine rings is 1. The topological polar surface area (TPSA) is 12.5 Å². The van der Waals surface area contributed by atoms with Gasteiger partial charge in [-0.05, 0) is 11.6 Å². The van der Waals surface area contributed by atoms with Crippen LogP contribution in [0.25, 0.3) is 10.4 Å². The van der Waals surface area contributed by atoms with Crippen molar-refractivity contribution in [1.82, 2.24) is 0 Å². The lowest BCUT2D eigenvalue weighted by Gasteiger charge is -2.27. The number of ether oxygens (including phenoxy) is 1. The van der Waals surface area contributed by atoms with Crippen molar-refractivity contribution in [1.29, 1.82) is 0 Å². The Morgan fingerprint density at radius 2 is 1.74 bits per heavy atom. The highest BCUT2D eigenvalue weighted by Crippen LogP contribution is 2.31. The third-order valence-electron chi connectivity index (χ3n) is 3.02. The van der Waals surface area contributed by atoms with Gasteiger partial charge in [0.2, 0.25) is 0 Å². The van der Waals surface area contributed by atoms with Crippen LogP contribution in [0.1, 0.15) is 13.8 Å². The van der Waals surface area contributed by atoms with Crippen LogP contribution in [-0.4, -0.2) is 26.3 Å². The van der Waals surface area contributed by atoms with Gasteiger partial charge in [-0.2, -0.15) is 0 Å². The SMILES string of the molecule is CC.c1ccc(-c2cc(N3CCOCC3)cs2)cc1. The second-order valence-corrected chi connectivity index (χ2v) is 5.05. The number of anilines is 1. The zero-order chi connectivity index (χ0) is 13.5. The van der Waals surface area contributed by atoms with E-state index in [1.54, 1.807) is 0 Å². The van der Waals surface area contributed by atoms with Crippen molar-refractivity contribution in [2.75, 3.05) is 31.2 Å². The van der Waals surface area contributed by atoms with Gasteiger partial charge in [-0.1, -0.05) is 44.2 Å². The van der Waals surface area contributed by atoms with Crippen LogP contribution in [0.15, 0.2) is 41.8 Å². The van der Waals surface area contributed by atoms with Crippen LogP contribution in [0, 0.1) is 0 Å². The molecule has 1 aliphatic heterocycles. The van der Waals surface area contributed by atoms with Crippen molar-refractivity contribution in [3.63, 3.8) is 0 Å². The molecule has 1 aliphatic rings. The molecular formula is C16H21NOS. The van der Waals surface area contributed by atoms with Gasteiger partial charge in [0.05, 0.1) is 13.2 Å². The van der Waals surface area contributed by atoms with Gasteiger partial charge < -0.3 is 9.64 Å². The molecule has 0 spiro atoms. The van der Waals surface area contributed by atoms with Gasteiger partial charge in [0.1, 0.15) is 0 Å². The molecule has 0 atom stereocenters. The van der Waals surface area contributed by atoms with Crippen LogP contribution >= 0.6 is 11.3 Å². The van der Waals surface area contributed by atoms with Gasteiger partial charge in [0.15, 0.2) is 0 Å². The van der Waals surface area contributed by atoms with E-state index < -0.39 is 0 Å². The minimum absolute atomic E-state index is 0.844. The molecule has 1 saturated heterocycles. The zero-order valence-corrected chi connectivity index (χ0v) is 12.5. The molecule has 2 nitrogen and oxygen atoms in total. The minimum atomic E-state index is 0.844. The third-order valence-corrected chi connectivity index (χ3v) is 3.99. The first kappa shape index (κ1) is 14.1. The van der Waals surface area contributed by atoms with Gasteiger partial charge in [-0.3, -0.25) is 0 Å². The van der Waals surface area contributed by atoms with Gasteiger partial charge in [0.25, 0.3) is 0 Å². The lowest BCUT2D eigenvalue weighted by atomic mass is 10.2. The van der Waals surface area contributed by atoms with Crippen molar-refractivity contribution >= 4 is 17.0 Å². The summed E-state index contributed by atoms with van der Waals surface area (Å²) in [4.78, 5) is 3.74. The van der Waals surface area contributed by atoms with Crippen molar-refractivity contribution in [3.05, 3.63) is 41.8 Å². The third kappa shape index (κ3) is 3.58. The first-order chi connectivity index (χ1) is 9.43. The van der Waals surface area contributed by atoms with E-state index in [9.17, 15) is 0 Å². The molecule has 1 aromatic carbocycles. The summed E-state index contributed by atoms with van der Waals surface area (Å²) in [6.07, 6.45) is 0. The number of hydrogen-bond donors (Lipinski definition) is 0. The molecule has 0 unspecified atom stereocenters. The molecule has 0 saturated carbocycles. The molecule has 3 heteroatoms. The maximum Gasteiger partial charge on any atom is 0.0642 e. The molecule has 1 aromatic heterocycles. The highest BCUT2D eigenvalue weighted by atomic mass is 32.1. The minimum Gasteiger partial charge on any atom is -0.378 e. The second-order valence-electron chi connectivity index (χ2n) is 4.13. The van der Waals surface area contributed by atoms with Crippen LogP contribution in [0.5, 0.6) is 0 Å². The van der Waals surface area contributed by atoms with Crippen LogP contribution in [0.3, 0.4) is 0 Å². The van der Waals surface area contributed by atoms with Gasteiger partial charge in [-0.15, -0.1) is 11.3 Å². The standard InChI is InChI=1S/C14H15NOS.C2H6/c1-2-4-12(5-3-1)14-10-13(11-17-14)15-6-8-16-9-7-15;1-2/h1-5,10-11H,6-9H2;1-2H3. The van der Waals surface area contributed by atoms with E-state index in [-0.39, 0.29) is 0 Å². The van der Waals surface area contributed by atoms with Gasteiger partial charge >= 0.3 is 0 Å². The Hall–Kier alpha value is -1.32. The molecule has 2 heterocycles. The predicted molar refractivity (Wildman–Crippen MR) is 84.1 cm³/mol. The smallest absolute Gasteiger partial charge is 0.0642 e. The van der Waals surface area contributed by atoms with Crippen molar-refractivity contribution < 1.29 is 4.74 Å². The molecule has 0 N–H and O–H groups in total. The molecule has 102 valence electrons. The Bertz CT molecular complexity index is 475. The summed E-state index contributed by atoms with van der Waals surface area (Å²) < 4.78 is 5.37. The van der Waals surface area contributed by atoms with Gasteiger partial charge in [-0.25, -0.2) is 0 Å². The summed E-state index contributed by atoms with van der Waals surface area (Å²) in [7, 11) is 0. The van der Waals surface area contributed by atoms with E-state index in [2.05, 4.69) is 46.7 Å². The van der Waals surface area contributed by atoms with E-state index in [1.807, 2.05) is 25.2 Å². The Kier molecular flexibility index (Phi) is 5.43. The van der Waals surface area contributed by atoms with Crippen LogP contribution < -0.4 is 4.90 Å². The molecule has 0 aliphatic carbocycles. The highest BCUT2D eigenvalue weighted by Gasteiger charge is 2.13. The Morgan fingerprint density at radius 1 is 1.05 bits per heavy atom. The van der Waals surface area contributed by atoms with Crippen molar-refractivity contribution in [3.8, 4) is 10.4 Å². The highest BCUT2D eigenvalue weighted by molar-refractivity contribution is 7.14. The van der Waals surface area contributed by atoms with Crippen LogP contribution in [-0.2, 0) is 4.74 Å². The first-order valence-corrected chi connectivity index (χ1v) is 7.78. The lowest BCUT2D eigenvalue weighted by molar-refractivity contribution is 0.123. The maximum absolute atomic E-state index is 5.37. The Labute approximate surface area is 119 Å². The molecule has 19 heavy (non-hydrogen) atoms. The summed E-state index contributed by atoms with van der Waals surface area (Å²) in [6, 6.07) is 12.8. The van der Waals surface area contributed by atoms with E-state index >= 15 is 0 Å². The molecule has 0 bridgehead atoms. The molecule has 0 amide bonds. The number of benzene rings is 1. The largest absolute Gasteiger partial charge is 0.378 e. The van der Waals surface area contributed by atoms with E-state index in [4.69, 9.17) is 4.74 Å².